The van der Waals surface area contributed by atoms with Crippen molar-refractivity contribution in [2.24, 2.45) is 0 Å². The number of hydrogen-bond acceptors (Lipinski definition) is 4. The van der Waals surface area contributed by atoms with Crippen LogP contribution in [0.4, 0.5) is 11.4 Å². The molecular weight excluding hydrogens is 338 g/mol. The summed E-state index contributed by atoms with van der Waals surface area (Å²) in [4.78, 5) is 19.2. The summed E-state index contributed by atoms with van der Waals surface area (Å²) in [6, 6.07) is 21.5. The Morgan fingerprint density at radius 3 is 2.33 bits per heavy atom. The van der Waals surface area contributed by atoms with Crippen molar-refractivity contribution >= 4 is 17.3 Å². The van der Waals surface area contributed by atoms with E-state index in [2.05, 4.69) is 15.2 Å². The van der Waals surface area contributed by atoms with E-state index in [0.717, 1.165) is 48.9 Å². The van der Waals surface area contributed by atoms with Crippen LogP contribution in [0.1, 0.15) is 10.4 Å². The van der Waals surface area contributed by atoms with Crippen molar-refractivity contribution in [1.29, 1.82) is 0 Å². The third-order valence-corrected chi connectivity index (χ3v) is 4.60. The zero-order valence-corrected chi connectivity index (χ0v) is 15.0. The minimum atomic E-state index is -0.166. The lowest BCUT2D eigenvalue weighted by molar-refractivity contribution is 0.102. The highest BCUT2D eigenvalue weighted by atomic mass is 16.5. The Kier molecular flexibility index (Phi) is 5.12. The van der Waals surface area contributed by atoms with Crippen LogP contribution in [0.5, 0.6) is 0 Å². The van der Waals surface area contributed by atoms with Crippen LogP contribution in [0.2, 0.25) is 0 Å². The van der Waals surface area contributed by atoms with E-state index >= 15 is 0 Å². The Morgan fingerprint density at radius 1 is 0.926 bits per heavy atom. The third kappa shape index (κ3) is 4.15. The summed E-state index contributed by atoms with van der Waals surface area (Å²) >= 11 is 0. The second-order valence-corrected chi connectivity index (χ2v) is 6.40. The number of carbonyl (C=O) groups is 1. The molecule has 0 radical (unpaired) electrons. The first-order valence-electron chi connectivity index (χ1n) is 9.05. The number of hydrogen-bond donors (Lipinski definition) is 1. The molecule has 1 aliphatic heterocycles. The van der Waals surface area contributed by atoms with E-state index in [1.165, 1.54) is 0 Å². The first-order valence-corrected chi connectivity index (χ1v) is 9.05. The minimum absolute atomic E-state index is 0.166. The quantitative estimate of drug-likeness (QED) is 0.769. The first kappa shape index (κ1) is 17.2. The smallest absolute Gasteiger partial charge is 0.257 e. The summed E-state index contributed by atoms with van der Waals surface area (Å²) in [6.45, 7) is 3.30. The number of rotatable bonds is 4. The molecule has 1 fully saturated rings. The molecule has 2 aromatic carbocycles. The summed E-state index contributed by atoms with van der Waals surface area (Å²) in [5.41, 5.74) is 4.33. The topological polar surface area (TPSA) is 54.5 Å². The molecule has 0 saturated carbocycles. The van der Waals surface area contributed by atoms with Gasteiger partial charge in [-0.15, -0.1) is 0 Å². The lowest BCUT2D eigenvalue weighted by atomic mass is 10.1. The van der Waals surface area contributed by atoms with Gasteiger partial charge in [0.1, 0.15) is 0 Å². The van der Waals surface area contributed by atoms with Crippen molar-refractivity contribution in [1.82, 2.24) is 4.98 Å². The number of pyridine rings is 1. The van der Waals surface area contributed by atoms with Crippen LogP contribution in [-0.2, 0) is 4.74 Å². The number of benzene rings is 2. The number of morpholine rings is 1. The Labute approximate surface area is 158 Å². The number of nitrogens with zero attached hydrogens (tertiary/aromatic N) is 2. The molecule has 5 nitrogen and oxygen atoms in total. The van der Waals surface area contributed by atoms with Crippen molar-refractivity contribution in [3.63, 3.8) is 0 Å². The van der Waals surface area contributed by atoms with Crippen molar-refractivity contribution in [2.45, 2.75) is 0 Å². The maximum Gasteiger partial charge on any atom is 0.257 e. The van der Waals surface area contributed by atoms with E-state index in [4.69, 9.17) is 4.74 Å². The maximum absolute atomic E-state index is 12.5. The SMILES string of the molecule is O=C(Nc1ccc(N2CCOCC2)cc1)c1ccc(-c2ccccc2)nc1. The Balaban J connectivity index is 1.41. The summed E-state index contributed by atoms with van der Waals surface area (Å²) in [5.74, 6) is -0.166. The predicted octanol–water partition coefficient (Wildman–Crippen LogP) is 3.84. The van der Waals surface area contributed by atoms with E-state index in [1.807, 2.05) is 60.7 Å². The van der Waals surface area contributed by atoms with E-state index in [1.54, 1.807) is 12.3 Å². The lowest BCUT2D eigenvalue weighted by Gasteiger charge is -2.28. The van der Waals surface area contributed by atoms with E-state index < -0.39 is 0 Å². The molecule has 0 aliphatic carbocycles. The summed E-state index contributed by atoms with van der Waals surface area (Å²) in [5, 5.41) is 2.93. The largest absolute Gasteiger partial charge is 0.378 e. The van der Waals surface area contributed by atoms with Crippen LogP contribution >= 0.6 is 0 Å². The van der Waals surface area contributed by atoms with Crippen LogP contribution in [0.3, 0.4) is 0 Å². The Bertz CT molecular complexity index is 887. The van der Waals surface area contributed by atoms with Crippen LogP contribution in [-0.4, -0.2) is 37.2 Å². The molecule has 5 heteroatoms. The summed E-state index contributed by atoms with van der Waals surface area (Å²) in [6.07, 6.45) is 1.61. The van der Waals surface area contributed by atoms with Crippen LogP contribution in [0.15, 0.2) is 72.9 Å². The number of carbonyl (C=O) groups excluding carboxylic acids is 1. The predicted molar refractivity (Wildman–Crippen MR) is 107 cm³/mol. The Morgan fingerprint density at radius 2 is 1.67 bits per heavy atom. The zero-order chi connectivity index (χ0) is 18.5. The molecule has 1 aliphatic rings. The van der Waals surface area contributed by atoms with Gasteiger partial charge in [0.2, 0.25) is 0 Å². The highest BCUT2D eigenvalue weighted by Gasteiger charge is 2.12. The molecule has 0 bridgehead atoms. The van der Waals surface area contributed by atoms with Crippen LogP contribution in [0, 0.1) is 0 Å². The second kappa shape index (κ2) is 8.01. The fourth-order valence-corrected chi connectivity index (χ4v) is 3.09. The molecule has 136 valence electrons. The minimum Gasteiger partial charge on any atom is -0.378 e. The standard InChI is InChI=1S/C22H21N3O2/c26-22(18-6-11-21(23-16-18)17-4-2-1-3-5-17)24-19-7-9-20(10-8-19)25-12-14-27-15-13-25/h1-11,16H,12-15H2,(H,24,26). The molecule has 3 aromatic rings. The second-order valence-electron chi connectivity index (χ2n) is 6.40. The van der Waals surface area contributed by atoms with Crippen molar-refractivity contribution in [3.05, 3.63) is 78.5 Å². The Hall–Kier alpha value is -3.18. The molecule has 27 heavy (non-hydrogen) atoms. The fourth-order valence-electron chi connectivity index (χ4n) is 3.09. The molecule has 1 saturated heterocycles. The van der Waals surface area contributed by atoms with Crippen molar-refractivity contribution < 1.29 is 9.53 Å². The highest BCUT2D eigenvalue weighted by molar-refractivity contribution is 6.04. The highest BCUT2D eigenvalue weighted by Crippen LogP contribution is 2.20. The molecule has 4 rings (SSSR count). The summed E-state index contributed by atoms with van der Waals surface area (Å²) in [7, 11) is 0. The van der Waals surface area contributed by atoms with Gasteiger partial charge in [0.25, 0.3) is 5.91 Å². The molecule has 0 atom stereocenters. The van der Waals surface area contributed by atoms with E-state index in [9.17, 15) is 4.79 Å². The summed E-state index contributed by atoms with van der Waals surface area (Å²) < 4.78 is 5.38. The van der Waals surface area contributed by atoms with Gasteiger partial charge < -0.3 is 15.0 Å². The monoisotopic (exact) mass is 359 g/mol. The fraction of sp³-hybridized carbons (Fsp3) is 0.182. The van der Waals surface area contributed by atoms with Gasteiger partial charge in [0.05, 0.1) is 24.5 Å². The average Bonchev–Trinajstić information content (AvgIpc) is 2.76. The maximum atomic E-state index is 12.5. The van der Waals surface area contributed by atoms with E-state index in [0.29, 0.717) is 5.56 Å². The van der Waals surface area contributed by atoms with Gasteiger partial charge in [-0.1, -0.05) is 30.3 Å². The van der Waals surface area contributed by atoms with Gasteiger partial charge in [-0.2, -0.15) is 0 Å². The van der Waals surface area contributed by atoms with Crippen molar-refractivity contribution in [3.8, 4) is 11.3 Å². The molecule has 0 unspecified atom stereocenters. The number of ether oxygens (including phenoxy) is 1. The lowest BCUT2D eigenvalue weighted by Crippen LogP contribution is -2.36. The van der Waals surface area contributed by atoms with Crippen molar-refractivity contribution in [2.75, 3.05) is 36.5 Å². The van der Waals surface area contributed by atoms with Gasteiger partial charge in [0, 0.05) is 36.2 Å². The van der Waals surface area contributed by atoms with E-state index in [-0.39, 0.29) is 5.91 Å². The van der Waals surface area contributed by atoms with Crippen LogP contribution < -0.4 is 10.2 Å². The average molecular weight is 359 g/mol. The number of amides is 1. The van der Waals surface area contributed by atoms with Gasteiger partial charge >= 0.3 is 0 Å². The third-order valence-electron chi connectivity index (χ3n) is 4.60. The van der Waals surface area contributed by atoms with Gasteiger partial charge in [-0.3, -0.25) is 9.78 Å². The molecule has 2 heterocycles. The molecule has 1 aromatic heterocycles. The molecule has 0 spiro atoms. The molecule has 1 amide bonds. The molecular formula is C22H21N3O2. The normalized spacial score (nSPS) is 14.0. The molecule has 1 N–H and O–H groups in total. The first-order chi connectivity index (χ1) is 13.3. The van der Waals surface area contributed by atoms with Crippen LogP contribution in [0.25, 0.3) is 11.3 Å². The number of aromatic nitrogens is 1. The number of anilines is 2. The number of nitrogens with one attached hydrogen (secondary N) is 1. The van der Waals surface area contributed by atoms with Gasteiger partial charge in [-0.25, -0.2) is 0 Å². The zero-order valence-electron chi connectivity index (χ0n) is 15.0. The van der Waals surface area contributed by atoms with Gasteiger partial charge in [0.15, 0.2) is 0 Å². The van der Waals surface area contributed by atoms with Gasteiger partial charge in [-0.05, 0) is 36.4 Å².